The molecule has 0 saturated heterocycles. The first-order valence-electron chi connectivity index (χ1n) is 3.50. The Morgan fingerprint density at radius 3 is 2.75 bits per heavy atom. The lowest BCUT2D eigenvalue weighted by Gasteiger charge is -2.02. The van der Waals surface area contributed by atoms with E-state index in [1.165, 1.54) is 6.08 Å². The second kappa shape index (κ2) is 3.69. The lowest BCUT2D eigenvalue weighted by molar-refractivity contribution is 0.412. The number of carbonyl (C=O) groups excluding carboxylic acids is 1. The van der Waals surface area contributed by atoms with Gasteiger partial charge in [0, 0.05) is 0 Å². The van der Waals surface area contributed by atoms with E-state index in [4.69, 9.17) is 4.74 Å². The molecule has 0 aliphatic rings. The first-order chi connectivity index (χ1) is 5.77. The number of nitrogens with zero attached hydrogens (tertiary/aromatic N) is 1. The molecule has 0 fully saturated rings. The van der Waals surface area contributed by atoms with Gasteiger partial charge in [-0.2, -0.15) is 4.99 Å². The number of isocyanates is 1. The van der Waals surface area contributed by atoms with Crippen LogP contribution in [0.4, 0.5) is 5.69 Å². The summed E-state index contributed by atoms with van der Waals surface area (Å²) >= 11 is 0. The van der Waals surface area contributed by atoms with Crippen LogP contribution in [0.1, 0.15) is 5.56 Å². The predicted molar refractivity (Wildman–Crippen MR) is 45.5 cm³/mol. The molecule has 3 nitrogen and oxygen atoms in total. The molecule has 0 heterocycles. The Morgan fingerprint density at radius 2 is 2.25 bits per heavy atom. The largest absolute Gasteiger partial charge is 0.496 e. The van der Waals surface area contributed by atoms with E-state index in [2.05, 4.69) is 4.99 Å². The molecule has 0 saturated carbocycles. The van der Waals surface area contributed by atoms with E-state index in [9.17, 15) is 4.79 Å². The van der Waals surface area contributed by atoms with Crippen LogP contribution in [0.3, 0.4) is 0 Å². The number of ether oxygens (including phenoxy) is 1. The van der Waals surface area contributed by atoms with Crippen LogP contribution in [0.5, 0.6) is 5.75 Å². The Labute approximate surface area is 70.7 Å². The lowest BCUT2D eigenvalue weighted by Crippen LogP contribution is -1.85. The number of rotatable bonds is 2. The number of hydrogen-bond acceptors (Lipinski definition) is 3. The predicted octanol–water partition coefficient (Wildman–Crippen LogP) is 1.97. The molecule has 0 unspecified atom stereocenters. The van der Waals surface area contributed by atoms with Crippen LogP contribution in [-0.4, -0.2) is 13.2 Å². The van der Waals surface area contributed by atoms with Crippen LogP contribution >= 0.6 is 0 Å². The Kier molecular flexibility index (Phi) is 2.62. The summed E-state index contributed by atoms with van der Waals surface area (Å²) in [4.78, 5) is 13.4. The molecule has 0 N–H and O–H groups in total. The van der Waals surface area contributed by atoms with Crippen LogP contribution in [0.15, 0.2) is 23.2 Å². The summed E-state index contributed by atoms with van der Waals surface area (Å²) in [6.07, 6.45) is 1.48. The maximum atomic E-state index is 9.92. The maximum absolute atomic E-state index is 9.92. The van der Waals surface area contributed by atoms with Crippen molar-refractivity contribution in [3.63, 3.8) is 0 Å². The fourth-order valence-corrected chi connectivity index (χ4v) is 0.985. The minimum absolute atomic E-state index is 0.600. The first kappa shape index (κ1) is 8.50. The minimum Gasteiger partial charge on any atom is -0.496 e. The SMILES string of the molecule is COc1ccc(N=C=O)cc1C. The van der Waals surface area contributed by atoms with E-state index < -0.39 is 0 Å². The lowest BCUT2D eigenvalue weighted by atomic mass is 10.2. The van der Waals surface area contributed by atoms with E-state index in [0.29, 0.717) is 5.69 Å². The molecule has 0 atom stereocenters. The summed E-state index contributed by atoms with van der Waals surface area (Å²) in [7, 11) is 1.60. The molecule has 1 aromatic rings. The van der Waals surface area contributed by atoms with Gasteiger partial charge in [-0.3, -0.25) is 0 Å². The fourth-order valence-electron chi connectivity index (χ4n) is 0.985. The van der Waals surface area contributed by atoms with Gasteiger partial charge in [0.25, 0.3) is 0 Å². The highest BCUT2D eigenvalue weighted by molar-refractivity contribution is 5.52. The van der Waals surface area contributed by atoms with E-state index >= 15 is 0 Å². The molecular weight excluding hydrogens is 154 g/mol. The van der Waals surface area contributed by atoms with Gasteiger partial charge < -0.3 is 4.74 Å². The molecule has 62 valence electrons. The van der Waals surface area contributed by atoms with Crippen molar-refractivity contribution >= 4 is 11.8 Å². The van der Waals surface area contributed by atoms with Crippen LogP contribution in [0, 0.1) is 6.92 Å². The third-order valence-corrected chi connectivity index (χ3v) is 1.55. The molecule has 0 aliphatic carbocycles. The van der Waals surface area contributed by atoms with Crippen molar-refractivity contribution in [3.8, 4) is 5.75 Å². The van der Waals surface area contributed by atoms with E-state index in [0.717, 1.165) is 11.3 Å². The normalized spacial score (nSPS) is 8.83. The Morgan fingerprint density at radius 1 is 1.50 bits per heavy atom. The highest BCUT2D eigenvalue weighted by Crippen LogP contribution is 2.22. The van der Waals surface area contributed by atoms with Gasteiger partial charge in [-0.05, 0) is 30.7 Å². The first-order valence-corrected chi connectivity index (χ1v) is 3.50. The molecule has 0 amide bonds. The molecule has 3 heteroatoms. The highest BCUT2D eigenvalue weighted by Gasteiger charge is 1.97. The van der Waals surface area contributed by atoms with E-state index in [1.54, 1.807) is 25.3 Å². The van der Waals surface area contributed by atoms with Gasteiger partial charge in [-0.15, -0.1) is 0 Å². The number of hydrogen-bond donors (Lipinski definition) is 0. The van der Waals surface area contributed by atoms with Crippen LogP contribution < -0.4 is 4.74 Å². The van der Waals surface area contributed by atoms with Gasteiger partial charge in [-0.25, -0.2) is 4.79 Å². The Balaban J connectivity index is 3.09. The van der Waals surface area contributed by atoms with Crippen molar-refractivity contribution in [3.05, 3.63) is 23.8 Å². The summed E-state index contributed by atoms with van der Waals surface area (Å²) in [6.45, 7) is 1.89. The van der Waals surface area contributed by atoms with E-state index in [-0.39, 0.29) is 0 Å². The molecule has 0 spiro atoms. The monoisotopic (exact) mass is 163 g/mol. The van der Waals surface area contributed by atoms with Crippen molar-refractivity contribution in [1.29, 1.82) is 0 Å². The molecule has 0 aromatic heterocycles. The Bertz CT molecular complexity index is 327. The third kappa shape index (κ3) is 1.71. The topological polar surface area (TPSA) is 38.7 Å². The zero-order valence-electron chi connectivity index (χ0n) is 7.00. The van der Waals surface area contributed by atoms with Crippen molar-refractivity contribution in [2.24, 2.45) is 4.99 Å². The standard InChI is InChI=1S/C9H9NO2/c1-7-5-8(10-6-11)3-4-9(7)12-2/h3-5H,1-2H3. The van der Waals surface area contributed by atoms with Gasteiger partial charge in [-0.1, -0.05) is 0 Å². The second-order valence-electron chi connectivity index (χ2n) is 2.36. The van der Waals surface area contributed by atoms with Gasteiger partial charge in [0.15, 0.2) is 0 Å². The van der Waals surface area contributed by atoms with Gasteiger partial charge in [0.2, 0.25) is 6.08 Å². The maximum Gasteiger partial charge on any atom is 0.240 e. The van der Waals surface area contributed by atoms with Gasteiger partial charge in [0.1, 0.15) is 5.75 Å². The highest BCUT2D eigenvalue weighted by atomic mass is 16.5. The zero-order chi connectivity index (χ0) is 8.97. The third-order valence-electron chi connectivity index (χ3n) is 1.55. The average Bonchev–Trinajstić information content (AvgIpc) is 2.05. The van der Waals surface area contributed by atoms with E-state index in [1.807, 2.05) is 6.92 Å². The van der Waals surface area contributed by atoms with Crippen molar-refractivity contribution < 1.29 is 9.53 Å². The molecule has 1 aromatic carbocycles. The summed E-state index contributed by atoms with van der Waals surface area (Å²) in [5, 5.41) is 0. The van der Waals surface area contributed by atoms with Crippen LogP contribution in [-0.2, 0) is 4.79 Å². The van der Waals surface area contributed by atoms with Crippen LogP contribution in [0.2, 0.25) is 0 Å². The summed E-state index contributed by atoms with van der Waals surface area (Å²) in [5.74, 6) is 0.792. The quantitative estimate of drug-likeness (QED) is 0.494. The number of benzene rings is 1. The van der Waals surface area contributed by atoms with Gasteiger partial charge in [0.05, 0.1) is 12.8 Å². The number of methoxy groups -OCH3 is 1. The molecule has 1 rings (SSSR count). The molecule has 0 radical (unpaired) electrons. The second-order valence-corrected chi connectivity index (χ2v) is 2.36. The Hall–Kier alpha value is -1.60. The molecular formula is C9H9NO2. The zero-order valence-corrected chi connectivity index (χ0v) is 7.00. The van der Waals surface area contributed by atoms with Crippen molar-refractivity contribution in [2.45, 2.75) is 6.92 Å². The smallest absolute Gasteiger partial charge is 0.240 e. The molecule has 0 aliphatic heterocycles. The fraction of sp³-hybridized carbons (Fsp3) is 0.222. The van der Waals surface area contributed by atoms with Crippen molar-refractivity contribution in [2.75, 3.05) is 7.11 Å². The summed E-state index contributed by atoms with van der Waals surface area (Å²) in [5.41, 5.74) is 1.55. The summed E-state index contributed by atoms with van der Waals surface area (Å²) in [6, 6.07) is 5.24. The molecule has 12 heavy (non-hydrogen) atoms. The van der Waals surface area contributed by atoms with Gasteiger partial charge >= 0.3 is 0 Å². The summed E-state index contributed by atoms with van der Waals surface area (Å²) < 4.78 is 5.04. The molecule has 0 bridgehead atoms. The minimum atomic E-state index is 0.600. The number of aryl methyl sites for hydroxylation is 1. The van der Waals surface area contributed by atoms with Crippen molar-refractivity contribution in [1.82, 2.24) is 0 Å². The average molecular weight is 163 g/mol. The van der Waals surface area contributed by atoms with Crippen LogP contribution in [0.25, 0.3) is 0 Å². The number of aliphatic imine (C=N–C) groups is 1.